The first kappa shape index (κ1) is 16.9. The van der Waals surface area contributed by atoms with E-state index in [2.05, 4.69) is 25.9 Å². The molecule has 0 spiro atoms. The van der Waals surface area contributed by atoms with Crippen LogP contribution < -0.4 is 0 Å². The zero-order chi connectivity index (χ0) is 14.6. The summed E-state index contributed by atoms with van der Waals surface area (Å²) in [7, 11) is 0. The molecular weight excluding hydrogens is 280 g/mol. The molecule has 0 bridgehead atoms. The average molecular weight is 305 g/mol. The van der Waals surface area contributed by atoms with Gasteiger partial charge < -0.3 is 5.11 Å². The molecule has 3 nitrogen and oxygen atoms in total. The lowest BCUT2D eigenvalue weighted by Crippen LogP contribution is -2.20. The van der Waals surface area contributed by atoms with Crippen LogP contribution in [0.1, 0.15) is 46.0 Å². The van der Waals surface area contributed by atoms with Crippen molar-refractivity contribution in [3.8, 4) is 0 Å². The van der Waals surface area contributed by atoms with E-state index in [-0.39, 0.29) is 10.9 Å². The summed E-state index contributed by atoms with van der Waals surface area (Å²) in [6.45, 7) is 11.3. The number of rotatable bonds is 6. The summed E-state index contributed by atoms with van der Waals surface area (Å²) in [5.41, 5.74) is 1.89. The fraction of sp³-hybridized carbons (Fsp3) is 0.786. The number of aliphatic hydroxyl groups is 1. The topological polar surface area (TPSA) is 38.0 Å². The van der Waals surface area contributed by atoms with Gasteiger partial charge in [-0.1, -0.05) is 39.3 Å². The molecule has 1 heterocycles. The second-order valence-electron chi connectivity index (χ2n) is 5.66. The van der Waals surface area contributed by atoms with E-state index < -0.39 is 0 Å². The Bertz CT molecular complexity index is 412. The van der Waals surface area contributed by atoms with Crippen molar-refractivity contribution in [2.24, 2.45) is 0 Å². The zero-order valence-corrected chi connectivity index (χ0v) is 14.1. The van der Waals surface area contributed by atoms with Gasteiger partial charge in [0.1, 0.15) is 0 Å². The van der Waals surface area contributed by atoms with Crippen LogP contribution in [0.5, 0.6) is 0 Å². The molecule has 1 atom stereocenters. The Morgan fingerprint density at radius 3 is 2.47 bits per heavy atom. The minimum atomic E-state index is -0.381. The molecule has 0 aliphatic rings. The van der Waals surface area contributed by atoms with Crippen LogP contribution in [0.25, 0.3) is 0 Å². The van der Waals surface area contributed by atoms with Crippen molar-refractivity contribution in [2.45, 2.75) is 64.9 Å². The third-order valence-electron chi connectivity index (χ3n) is 2.83. The lowest BCUT2D eigenvalue weighted by Gasteiger charge is -2.20. The van der Waals surface area contributed by atoms with Crippen LogP contribution in [0.2, 0.25) is 5.02 Å². The van der Waals surface area contributed by atoms with Crippen molar-refractivity contribution in [2.75, 3.05) is 5.75 Å². The maximum absolute atomic E-state index is 10.2. The van der Waals surface area contributed by atoms with Crippen molar-refractivity contribution in [1.29, 1.82) is 0 Å². The van der Waals surface area contributed by atoms with E-state index in [9.17, 15) is 5.11 Å². The highest BCUT2D eigenvalue weighted by Gasteiger charge is 2.19. The largest absolute Gasteiger partial charge is 0.392 e. The molecule has 1 rings (SSSR count). The highest BCUT2D eigenvalue weighted by Crippen LogP contribution is 2.27. The van der Waals surface area contributed by atoms with Gasteiger partial charge in [-0.15, -0.1) is 0 Å². The van der Waals surface area contributed by atoms with Crippen LogP contribution in [-0.4, -0.2) is 31.5 Å². The van der Waals surface area contributed by atoms with Crippen LogP contribution in [-0.2, 0) is 19.4 Å². The van der Waals surface area contributed by atoms with Gasteiger partial charge in [0, 0.05) is 23.5 Å². The van der Waals surface area contributed by atoms with Crippen LogP contribution in [0.15, 0.2) is 0 Å². The van der Waals surface area contributed by atoms with Crippen LogP contribution in [0.3, 0.4) is 0 Å². The third kappa shape index (κ3) is 5.01. The summed E-state index contributed by atoms with van der Waals surface area (Å²) < 4.78 is 2.08. The maximum Gasteiger partial charge on any atom is 0.0850 e. The molecule has 0 saturated heterocycles. The van der Waals surface area contributed by atoms with Crippen LogP contribution in [0, 0.1) is 0 Å². The molecule has 5 heteroatoms. The van der Waals surface area contributed by atoms with Gasteiger partial charge in [-0.3, -0.25) is 4.68 Å². The molecule has 1 aromatic rings. The molecule has 19 heavy (non-hydrogen) atoms. The van der Waals surface area contributed by atoms with Gasteiger partial charge in [0.25, 0.3) is 0 Å². The Morgan fingerprint density at radius 1 is 1.37 bits per heavy atom. The standard InChI is InChI=1S/C14H25ClN2OS/c1-6-11-13(15)12(17(7-2)16-11)8-10(18)9-19-14(3,4)5/h10,18H,6-9H2,1-5H3. The third-order valence-corrected chi connectivity index (χ3v) is 4.69. The van der Waals surface area contributed by atoms with Gasteiger partial charge in [0.15, 0.2) is 0 Å². The number of thioether (sulfide) groups is 1. The molecule has 0 saturated carbocycles. The predicted molar refractivity (Wildman–Crippen MR) is 84.2 cm³/mol. The van der Waals surface area contributed by atoms with Crippen molar-refractivity contribution < 1.29 is 5.11 Å². The molecule has 0 radical (unpaired) electrons. The highest BCUT2D eigenvalue weighted by atomic mass is 35.5. The molecule has 0 amide bonds. The number of hydrogen-bond acceptors (Lipinski definition) is 3. The molecule has 110 valence electrons. The lowest BCUT2D eigenvalue weighted by molar-refractivity contribution is 0.196. The summed E-state index contributed by atoms with van der Waals surface area (Å²) in [6, 6.07) is 0. The van der Waals surface area contributed by atoms with Gasteiger partial charge in [0.05, 0.1) is 22.5 Å². The van der Waals surface area contributed by atoms with Gasteiger partial charge in [0.2, 0.25) is 0 Å². The molecule has 1 N–H and O–H groups in total. The molecule has 0 aliphatic heterocycles. The summed E-state index contributed by atoms with van der Waals surface area (Å²) in [5, 5.41) is 15.4. The molecular formula is C14H25ClN2OS. The second-order valence-corrected chi connectivity index (χ2v) is 7.88. The Labute approximate surface area is 125 Å². The van der Waals surface area contributed by atoms with Gasteiger partial charge in [-0.2, -0.15) is 16.9 Å². The molecule has 0 aromatic carbocycles. The van der Waals surface area contributed by atoms with E-state index in [0.29, 0.717) is 6.42 Å². The summed E-state index contributed by atoms with van der Waals surface area (Å²) in [5.74, 6) is 0.718. The Hall–Kier alpha value is -0.190. The van der Waals surface area contributed by atoms with Crippen molar-refractivity contribution >= 4 is 23.4 Å². The summed E-state index contributed by atoms with van der Waals surface area (Å²) >= 11 is 8.11. The van der Waals surface area contributed by atoms with Crippen LogP contribution >= 0.6 is 23.4 Å². The van der Waals surface area contributed by atoms with E-state index in [4.69, 9.17) is 11.6 Å². The van der Waals surface area contributed by atoms with Crippen LogP contribution in [0.4, 0.5) is 0 Å². The number of nitrogens with zero attached hydrogens (tertiary/aromatic N) is 2. The van der Waals surface area contributed by atoms with E-state index in [1.165, 1.54) is 0 Å². The van der Waals surface area contributed by atoms with E-state index in [1.807, 2.05) is 18.5 Å². The quantitative estimate of drug-likeness (QED) is 0.873. The molecule has 0 aliphatic carbocycles. The minimum absolute atomic E-state index is 0.171. The first-order chi connectivity index (χ1) is 8.78. The van der Waals surface area contributed by atoms with Crippen molar-refractivity contribution in [3.05, 3.63) is 16.4 Å². The van der Waals surface area contributed by atoms with Gasteiger partial charge in [-0.05, 0) is 13.3 Å². The molecule has 0 fully saturated rings. The van der Waals surface area contributed by atoms with Crippen molar-refractivity contribution in [3.63, 3.8) is 0 Å². The maximum atomic E-state index is 10.2. The average Bonchev–Trinajstić information content (AvgIpc) is 2.63. The number of aromatic nitrogens is 2. The fourth-order valence-corrected chi connectivity index (χ4v) is 3.00. The SMILES string of the molecule is CCc1nn(CC)c(CC(O)CSC(C)(C)C)c1Cl. The minimum Gasteiger partial charge on any atom is -0.392 e. The lowest BCUT2D eigenvalue weighted by atomic mass is 10.2. The highest BCUT2D eigenvalue weighted by molar-refractivity contribution is 8.00. The monoisotopic (exact) mass is 304 g/mol. The Kier molecular flexibility index (Phi) is 6.21. The number of aryl methyl sites for hydroxylation is 2. The molecule has 1 unspecified atom stereocenters. The number of halogens is 1. The first-order valence-corrected chi connectivity index (χ1v) is 8.20. The molecule has 1 aromatic heterocycles. The summed E-state index contributed by atoms with van der Waals surface area (Å²) in [6.07, 6.45) is 1.02. The summed E-state index contributed by atoms with van der Waals surface area (Å²) in [4.78, 5) is 0. The van der Waals surface area contributed by atoms with E-state index >= 15 is 0 Å². The van der Waals surface area contributed by atoms with Gasteiger partial charge in [-0.25, -0.2) is 0 Å². The van der Waals surface area contributed by atoms with E-state index in [0.717, 1.165) is 35.1 Å². The number of hydrogen-bond donors (Lipinski definition) is 1. The normalized spacial score (nSPS) is 13.8. The zero-order valence-electron chi connectivity index (χ0n) is 12.5. The predicted octanol–water partition coefficient (Wildman–Crippen LogP) is 3.55. The van der Waals surface area contributed by atoms with E-state index in [1.54, 1.807) is 11.8 Å². The fourth-order valence-electron chi connectivity index (χ4n) is 1.84. The Morgan fingerprint density at radius 2 is 2.00 bits per heavy atom. The second kappa shape index (κ2) is 7.00. The van der Waals surface area contributed by atoms with Crippen molar-refractivity contribution in [1.82, 2.24) is 9.78 Å². The van der Waals surface area contributed by atoms with Gasteiger partial charge >= 0.3 is 0 Å². The Balaban J connectivity index is 2.73. The smallest absolute Gasteiger partial charge is 0.0850 e. The number of aliphatic hydroxyl groups excluding tert-OH is 1. The first-order valence-electron chi connectivity index (χ1n) is 6.84.